The number of likely N-dealkylation sites (tertiary alicyclic amines) is 1. The quantitative estimate of drug-likeness (QED) is 0.836. The van der Waals surface area contributed by atoms with Crippen molar-refractivity contribution >= 4 is 11.8 Å². The van der Waals surface area contributed by atoms with Gasteiger partial charge in [-0.25, -0.2) is 4.39 Å². The predicted molar refractivity (Wildman–Crippen MR) is 70.8 cm³/mol. The lowest BCUT2D eigenvalue weighted by molar-refractivity contribution is 0.225. The molecule has 0 amide bonds. The Morgan fingerprint density at radius 1 is 1.29 bits per heavy atom. The van der Waals surface area contributed by atoms with Gasteiger partial charge in [-0.3, -0.25) is 0 Å². The van der Waals surface area contributed by atoms with Gasteiger partial charge in [-0.05, 0) is 38.1 Å². The predicted octanol–water partition coefficient (Wildman–Crippen LogP) is 2.34. The third-order valence-corrected chi connectivity index (χ3v) is 4.16. The molecule has 0 atom stereocenters. The monoisotopic (exact) mass is 254 g/mol. The van der Waals surface area contributed by atoms with Crippen LogP contribution in [0.2, 0.25) is 0 Å². The Labute approximate surface area is 106 Å². The Morgan fingerprint density at radius 3 is 2.71 bits per heavy atom. The highest BCUT2D eigenvalue weighted by Gasteiger charge is 2.15. The second kappa shape index (κ2) is 6.38. The van der Waals surface area contributed by atoms with Crippen LogP contribution in [0.3, 0.4) is 0 Å². The van der Waals surface area contributed by atoms with Gasteiger partial charge < -0.3 is 10.6 Å². The van der Waals surface area contributed by atoms with E-state index in [4.69, 9.17) is 5.73 Å². The molecule has 1 fully saturated rings. The maximum atomic E-state index is 13.4. The van der Waals surface area contributed by atoms with Crippen LogP contribution < -0.4 is 5.73 Å². The molecule has 17 heavy (non-hydrogen) atoms. The number of rotatable bonds is 4. The molecule has 0 aromatic heterocycles. The van der Waals surface area contributed by atoms with E-state index in [1.807, 2.05) is 12.1 Å². The lowest BCUT2D eigenvalue weighted by Crippen LogP contribution is -2.40. The minimum atomic E-state index is -0.113. The normalized spacial score (nSPS) is 18.5. The van der Waals surface area contributed by atoms with E-state index < -0.39 is 0 Å². The molecule has 0 unspecified atom stereocenters. The third kappa shape index (κ3) is 3.98. The summed E-state index contributed by atoms with van der Waals surface area (Å²) in [5.74, 6) is 0.828. The summed E-state index contributed by atoms with van der Waals surface area (Å²) in [6.45, 7) is 3.18. The van der Waals surface area contributed by atoms with Gasteiger partial charge in [0.1, 0.15) is 5.82 Å². The molecule has 1 saturated heterocycles. The van der Waals surface area contributed by atoms with Crippen molar-refractivity contribution in [2.45, 2.75) is 23.8 Å². The van der Waals surface area contributed by atoms with Gasteiger partial charge in [0.2, 0.25) is 0 Å². The van der Waals surface area contributed by atoms with E-state index in [-0.39, 0.29) is 5.82 Å². The Bertz CT molecular complexity index is 351. The van der Waals surface area contributed by atoms with Crippen molar-refractivity contribution in [1.29, 1.82) is 0 Å². The smallest absolute Gasteiger partial charge is 0.136 e. The molecular formula is C13H19FN2S. The molecule has 0 bridgehead atoms. The first kappa shape index (κ1) is 12.9. The van der Waals surface area contributed by atoms with Crippen LogP contribution in [-0.2, 0) is 0 Å². The molecule has 1 aromatic rings. The molecule has 1 aliphatic rings. The minimum absolute atomic E-state index is 0.113. The molecule has 1 aromatic carbocycles. The van der Waals surface area contributed by atoms with Crippen LogP contribution in [0, 0.1) is 5.82 Å². The number of hydrogen-bond donors (Lipinski definition) is 1. The Hall–Kier alpha value is -0.580. The molecule has 94 valence electrons. The van der Waals surface area contributed by atoms with Gasteiger partial charge in [0.05, 0.1) is 0 Å². The summed E-state index contributed by atoms with van der Waals surface area (Å²) in [6.07, 6.45) is 2.18. The van der Waals surface area contributed by atoms with E-state index in [2.05, 4.69) is 4.90 Å². The number of halogens is 1. The Morgan fingerprint density at radius 2 is 2.00 bits per heavy atom. The second-order valence-corrected chi connectivity index (χ2v) is 5.59. The lowest BCUT2D eigenvalue weighted by atomic mass is 10.1. The zero-order chi connectivity index (χ0) is 12.1. The Kier molecular flexibility index (Phi) is 4.83. The van der Waals surface area contributed by atoms with Crippen molar-refractivity contribution in [3.8, 4) is 0 Å². The van der Waals surface area contributed by atoms with Crippen molar-refractivity contribution in [2.24, 2.45) is 5.73 Å². The van der Waals surface area contributed by atoms with Gasteiger partial charge in [0.15, 0.2) is 0 Å². The first-order chi connectivity index (χ1) is 8.25. The van der Waals surface area contributed by atoms with Crippen LogP contribution in [0.5, 0.6) is 0 Å². The number of piperidine rings is 1. The first-order valence-electron chi connectivity index (χ1n) is 6.11. The fourth-order valence-corrected chi connectivity index (χ4v) is 2.97. The molecule has 2 rings (SSSR count). The van der Waals surface area contributed by atoms with Crippen LogP contribution in [0.4, 0.5) is 4.39 Å². The van der Waals surface area contributed by atoms with Gasteiger partial charge in [-0.15, -0.1) is 11.8 Å². The van der Waals surface area contributed by atoms with E-state index in [1.165, 1.54) is 6.07 Å². The summed E-state index contributed by atoms with van der Waals surface area (Å²) in [5, 5.41) is 0. The standard InChI is InChI=1S/C13H19FN2S/c14-12-3-1-2-4-13(12)17-10-9-16-7-5-11(15)6-8-16/h1-4,11H,5-10,15H2. The second-order valence-electron chi connectivity index (χ2n) is 4.46. The van der Waals surface area contributed by atoms with Crippen LogP contribution in [-0.4, -0.2) is 36.3 Å². The summed E-state index contributed by atoms with van der Waals surface area (Å²) < 4.78 is 13.4. The van der Waals surface area contributed by atoms with Gasteiger partial charge in [0.25, 0.3) is 0 Å². The molecule has 0 spiro atoms. The number of hydrogen-bond acceptors (Lipinski definition) is 3. The zero-order valence-electron chi connectivity index (χ0n) is 9.94. The van der Waals surface area contributed by atoms with Crippen molar-refractivity contribution in [3.05, 3.63) is 30.1 Å². The molecule has 0 aliphatic carbocycles. The molecular weight excluding hydrogens is 235 g/mol. The molecule has 0 saturated carbocycles. The summed E-state index contributed by atoms with van der Waals surface area (Å²) in [5.41, 5.74) is 5.86. The highest BCUT2D eigenvalue weighted by molar-refractivity contribution is 7.99. The van der Waals surface area contributed by atoms with Gasteiger partial charge in [0, 0.05) is 23.2 Å². The van der Waals surface area contributed by atoms with Gasteiger partial charge in [-0.2, -0.15) is 0 Å². The average molecular weight is 254 g/mol. The van der Waals surface area contributed by atoms with E-state index in [1.54, 1.807) is 17.8 Å². The molecule has 1 heterocycles. The van der Waals surface area contributed by atoms with Crippen molar-refractivity contribution in [3.63, 3.8) is 0 Å². The molecule has 0 radical (unpaired) electrons. The maximum Gasteiger partial charge on any atom is 0.136 e. The van der Waals surface area contributed by atoms with Crippen LogP contribution in [0.1, 0.15) is 12.8 Å². The lowest BCUT2D eigenvalue weighted by Gasteiger charge is -2.29. The Balaban J connectivity index is 1.71. The number of nitrogens with two attached hydrogens (primary N) is 1. The fraction of sp³-hybridized carbons (Fsp3) is 0.538. The molecule has 1 aliphatic heterocycles. The summed E-state index contributed by atoms with van der Waals surface area (Å²) >= 11 is 1.59. The largest absolute Gasteiger partial charge is 0.328 e. The van der Waals surface area contributed by atoms with E-state index >= 15 is 0 Å². The van der Waals surface area contributed by atoms with Crippen molar-refractivity contribution < 1.29 is 4.39 Å². The maximum absolute atomic E-state index is 13.4. The van der Waals surface area contributed by atoms with Crippen LogP contribution in [0.25, 0.3) is 0 Å². The number of nitrogens with zero attached hydrogens (tertiary/aromatic N) is 1. The zero-order valence-corrected chi connectivity index (χ0v) is 10.8. The minimum Gasteiger partial charge on any atom is -0.328 e. The van der Waals surface area contributed by atoms with Crippen LogP contribution >= 0.6 is 11.8 Å². The molecule has 2 nitrogen and oxygen atoms in total. The average Bonchev–Trinajstić information content (AvgIpc) is 2.34. The highest BCUT2D eigenvalue weighted by atomic mass is 32.2. The van der Waals surface area contributed by atoms with E-state index in [0.717, 1.165) is 43.1 Å². The first-order valence-corrected chi connectivity index (χ1v) is 7.09. The summed E-state index contributed by atoms with van der Waals surface area (Å²) in [4.78, 5) is 3.17. The fourth-order valence-electron chi connectivity index (χ4n) is 2.02. The van der Waals surface area contributed by atoms with Gasteiger partial charge >= 0.3 is 0 Å². The van der Waals surface area contributed by atoms with Crippen molar-refractivity contribution in [1.82, 2.24) is 4.90 Å². The third-order valence-electron chi connectivity index (χ3n) is 3.13. The summed E-state index contributed by atoms with van der Waals surface area (Å²) in [7, 11) is 0. The number of benzene rings is 1. The van der Waals surface area contributed by atoms with Crippen molar-refractivity contribution in [2.75, 3.05) is 25.4 Å². The van der Waals surface area contributed by atoms with Gasteiger partial charge in [-0.1, -0.05) is 12.1 Å². The van der Waals surface area contributed by atoms with E-state index in [0.29, 0.717) is 6.04 Å². The van der Waals surface area contributed by atoms with Crippen LogP contribution in [0.15, 0.2) is 29.2 Å². The summed E-state index contributed by atoms with van der Waals surface area (Å²) in [6, 6.07) is 7.34. The topological polar surface area (TPSA) is 29.3 Å². The highest BCUT2D eigenvalue weighted by Crippen LogP contribution is 2.21. The number of thioether (sulfide) groups is 1. The molecule has 4 heteroatoms. The molecule has 2 N–H and O–H groups in total. The van der Waals surface area contributed by atoms with E-state index in [9.17, 15) is 4.39 Å². The SMILES string of the molecule is NC1CCN(CCSc2ccccc2F)CC1.